The lowest BCUT2D eigenvalue weighted by Crippen LogP contribution is -2.31. The highest BCUT2D eigenvalue weighted by atomic mass is 15.2. The number of benzene rings is 1. The summed E-state index contributed by atoms with van der Waals surface area (Å²) in [5.74, 6) is 0.407. The molecule has 1 aromatic carbocycles. The number of nitrogens with one attached hydrogen (secondary N) is 1. The molecule has 5 N–H and O–H groups in total. The molecule has 7 heteroatoms. The molecule has 140 valence electrons. The van der Waals surface area contributed by atoms with Gasteiger partial charge in [-0.2, -0.15) is 5.10 Å². The van der Waals surface area contributed by atoms with Crippen LogP contribution in [-0.4, -0.2) is 52.0 Å². The van der Waals surface area contributed by atoms with E-state index in [0.717, 1.165) is 41.8 Å². The molecule has 1 unspecified atom stereocenters. The zero-order valence-electron chi connectivity index (χ0n) is 15.5. The first-order chi connectivity index (χ1) is 13.2. The number of aliphatic imine (C=N–C) groups is 1. The number of likely N-dealkylation sites (tertiary alicyclic amines) is 1. The Hall–Kier alpha value is -2.93. The van der Waals surface area contributed by atoms with E-state index in [4.69, 9.17) is 11.5 Å². The van der Waals surface area contributed by atoms with Crippen molar-refractivity contribution in [2.45, 2.75) is 25.8 Å². The molecule has 0 bridgehead atoms. The molecule has 27 heavy (non-hydrogen) atoms. The summed E-state index contributed by atoms with van der Waals surface area (Å²) in [5, 5.41) is 7.83. The molecule has 1 atom stereocenters. The summed E-state index contributed by atoms with van der Waals surface area (Å²) in [6.45, 7) is 5.20. The Morgan fingerprint density at radius 3 is 3.00 bits per heavy atom. The predicted molar refractivity (Wildman–Crippen MR) is 111 cm³/mol. The second kappa shape index (κ2) is 7.36. The van der Waals surface area contributed by atoms with Crippen molar-refractivity contribution in [3.63, 3.8) is 0 Å². The predicted octanol–water partition coefficient (Wildman–Crippen LogP) is 2.69. The van der Waals surface area contributed by atoms with Gasteiger partial charge >= 0.3 is 0 Å². The first kappa shape index (κ1) is 17.5. The summed E-state index contributed by atoms with van der Waals surface area (Å²) in [7, 11) is 0. The molecular formula is C20H25N7. The smallest absolute Gasteiger partial charge is 0.135 e. The Balaban J connectivity index is 1.61. The zero-order valence-corrected chi connectivity index (χ0v) is 15.5. The minimum Gasteiger partial charge on any atom is -0.398 e. The molecular weight excluding hydrogens is 338 g/mol. The summed E-state index contributed by atoms with van der Waals surface area (Å²) < 4.78 is 0. The number of nitrogens with zero attached hydrogens (tertiary/aromatic N) is 4. The van der Waals surface area contributed by atoms with Crippen LogP contribution in [0.5, 0.6) is 0 Å². The number of likely N-dealkylation sites (N-methyl/N-ethyl adjacent to an activating group) is 1. The monoisotopic (exact) mass is 363 g/mol. The van der Waals surface area contributed by atoms with Crippen LogP contribution in [0, 0.1) is 0 Å². The largest absolute Gasteiger partial charge is 0.398 e. The van der Waals surface area contributed by atoms with E-state index in [9.17, 15) is 0 Å². The lowest BCUT2D eigenvalue weighted by Gasteiger charge is -2.20. The molecule has 1 saturated heterocycles. The third kappa shape index (κ3) is 3.38. The number of aromatic nitrogens is 3. The van der Waals surface area contributed by atoms with E-state index in [-0.39, 0.29) is 0 Å². The first-order valence-electron chi connectivity index (χ1n) is 9.39. The molecule has 0 saturated carbocycles. The Morgan fingerprint density at radius 1 is 1.33 bits per heavy atom. The minimum atomic E-state index is 0.407. The number of nitrogen functional groups attached to an aromatic ring is 2. The van der Waals surface area contributed by atoms with E-state index < -0.39 is 0 Å². The summed E-state index contributed by atoms with van der Waals surface area (Å²) in [6.07, 6.45) is 5.95. The van der Waals surface area contributed by atoms with Crippen LogP contribution in [-0.2, 0) is 0 Å². The maximum absolute atomic E-state index is 6.39. The van der Waals surface area contributed by atoms with Gasteiger partial charge in [-0.05, 0) is 38.1 Å². The molecule has 1 aliphatic heterocycles. The molecule has 1 fully saturated rings. The fourth-order valence-electron chi connectivity index (χ4n) is 3.83. The standard InChI is InChI=1S/C20H25N7/c1-2-27-9-3-4-14(27)11-23-12-16-19(21)15-6-5-13(17-7-8-24-26-17)10-18(15)25-20(16)22/h5-8,10,12,14H,2-4,9,11H2,1H3,(H,24,26)(H4,21,22,25). The summed E-state index contributed by atoms with van der Waals surface area (Å²) >= 11 is 0. The lowest BCUT2D eigenvalue weighted by molar-refractivity contribution is 0.273. The van der Waals surface area contributed by atoms with E-state index in [1.54, 1.807) is 12.4 Å². The second-order valence-electron chi connectivity index (χ2n) is 6.95. The highest BCUT2D eigenvalue weighted by Crippen LogP contribution is 2.29. The van der Waals surface area contributed by atoms with Gasteiger partial charge in [-0.1, -0.05) is 19.1 Å². The summed E-state index contributed by atoms with van der Waals surface area (Å²) in [5.41, 5.74) is 16.6. The Bertz CT molecular complexity index is 962. The van der Waals surface area contributed by atoms with Crippen LogP contribution < -0.4 is 11.5 Å². The Morgan fingerprint density at radius 2 is 2.22 bits per heavy atom. The molecule has 2 aromatic heterocycles. The number of aromatic amines is 1. The maximum Gasteiger partial charge on any atom is 0.135 e. The van der Waals surface area contributed by atoms with Crippen molar-refractivity contribution in [1.29, 1.82) is 0 Å². The van der Waals surface area contributed by atoms with Crippen molar-refractivity contribution in [1.82, 2.24) is 20.1 Å². The van der Waals surface area contributed by atoms with Gasteiger partial charge in [0, 0.05) is 29.4 Å². The summed E-state index contributed by atoms with van der Waals surface area (Å²) in [4.78, 5) is 11.7. The van der Waals surface area contributed by atoms with Gasteiger partial charge in [-0.25, -0.2) is 4.98 Å². The van der Waals surface area contributed by atoms with Crippen LogP contribution >= 0.6 is 0 Å². The molecule has 0 radical (unpaired) electrons. The van der Waals surface area contributed by atoms with Crippen LogP contribution in [0.4, 0.5) is 11.5 Å². The van der Waals surface area contributed by atoms with Crippen molar-refractivity contribution >= 4 is 28.6 Å². The maximum atomic E-state index is 6.39. The average Bonchev–Trinajstić information content (AvgIpc) is 3.35. The van der Waals surface area contributed by atoms with Crippen LogP contribution in [0.3, 0.4) is 0 Å². The van der Waals surface area contributed by atoms with Crippen LogP contribution in [0.25, 0.3) is 22.2 Å². The number of hydrogen-bond acceptors (Lipinski definition) is 6. The number of fused-ring (bicyclic) bond motifs is 1. The topological polar surface area (TPSA) is 109 Å². The fraction of sp³-hybridized carbons (Fsp3) is 0.350. The molecule has 7 nitrogen and oxygen atoms in total. The number of pyridine rings is 1. The highest BCUT2D eigenvalue weighted by Gasteiger charge is 2.22. The van der Waals surface area contributed by atoms with Crippen molar-refractivity contribution in [3.05, 3.63) is 36.0 Å². The van der Waals surface area contributed by atoms with Crippen molar-refractivity contribution in [3.8, 4) is 11.3 Å². The molecule has 1 aliphatic rings. The van der Waals surface area contributed by atoms with Gasteiger partial charge in [0.25, 0.3) is 0 Å². The Kier molecular flexibility index (Phi) is 4.77. The third-order valence-corrected chi connectivity index (χ3v) is 5.35. The van der Waals surface area contributed by atoms with Gasteiger partial charge in [-0.3, -0.25) is 15.0 Å². The second-order valence-corrected chi connectivity index (χ2v) is 6.95. The number of hydrogen-bond donors (Lipinski definition) is 3. The van der Waals surface area contributed by atoms with Gasteiger partial charge in [-0.15, -0.1) is 0 Å². The van der Waals surface area contributed by atoms with E-state index in [0.29, 0.717) is 23.1 Å². The van der Waals surface area contributed by atoms with Crippen LogP contribution in [0.2, 0.25) is 0 Å². The van der Waals surface area contributed by atoms with Gasteiger partial charge in [0.1, 0.15) is 5.82 Å². The third-order valence-electron chi connectivity index (χ3n) is 5.35. The van der Waals surface area contributed by atoms with Gasteiger partial charge < -0.3 is 11.5 Å². The zero-order chi connectivity index (χ0) is 18.8. The first-order valence-corrected chi connectivity index (χ1v) is 9.39. The summed E-state index contributed by atoms with van der Waals surface area (Å²) in [6, 6.07) is 8.37. The lowest BCUT2D eigenvalue weighted by atomic mass is 10.1. The Labute approximate surface area is 158 Å². The van der Waals surface area contributed by atoms with Crippen molar-refractivity contribution in [2.75, 3.05) is 31.1 Å². The average molecular weight is 363 g/mol. The van der Waals surface area contributed by atoms with Gasteiger partial charge in [0.05, 0.1) is 29.0 Å². The van der Waals surface area contributed by atoms with E-state index in [2.05, 4.69) is 32.0 Å². The van der Waals surface area contributed by atoms with E-state index >= 15 is 0 Å². The van der Waals surface area contributed by atoms with Crippen molar-refractivity contribution in [2.24, 2.45) is 4.99 Å². The normalized spacial score (nSPS) is 18.0. The van der Waals surface area contributed by atoms with Crippen LogP contribution in [0.15, 0.2) is 35.5 Å². The van der Waals surface area contributed by atoms with E-state index in [1.807, 2.05) is 24.3 Å². The number of anilines is 2. The van der Waals surface area contributed by atoms with Gasteiger partial charge in [0.2, 0.25) is 0 Å². The van der Waals surface area contributed by atoms with Gasteiger partial charge in [0.15, 0.2) is 0 Å². The minimum absolute atomic E-state index is 0.407. The molecule has 3 aromatic rings. The SMILES string of the molecule is CCN1CCCC1CN=Cc1c(N)nc2cc(-c3ccn[nH]3)ccc2c1N. The number of H-pyrrole nitrogens is 1. The molecule has 3 heterocycles. The highest BCUT2D eigenvalue weighted by molar-refractivity contribution is 6.04. The van der Waals surface area contributed by atoms with E-state index in [1.165, 1.54) is 12.8 Å². The van der Waals surface area contributed by atoms with Crippen LogP contribution in [0.1, 0.15) is 25.3 Å². The molecule has 0 aliphatic carbocycles. The van der Waals surface area contributed by atoms with Crippen molar-refractivity contribution < 1.29 is 0 Å². The number of rotatable bonds is 5. The quantitative estimate of drug-likeness (QED) is 0.604. The fourth-order valence-corrected chi connectivity index (χ4v) is 3.83. The number of nitrogens with two attached hydrogens (primary N) is 2. The molecule has 0 amide bonds. The molecule has 0 spiro atoms. The molecule has 4 rings (SSSR count).